The van der Waals surface area contributed by atoms with E-state index in [0.29, 0.717) is 5.95 Å². The van der Waals surface area contributed by atoms with E-state index in [0.717, 1.165) is 100 Å². The number of benzene rings is 15. The average molecular weight is 1260 g/mol. The molecule has 0 unspecified atom stereocenters. The van der Waals surface area contributed by atoms with Crippen molar-refractivity contribution in [1.82, 2.24) is 32.8 Å². The van der Waals surface area contributed by atoms with Crippen molar-refractivity contribution in [1.29, 1.82) is 0 Å². The van der Waals surface area contributed by atoms with Crippen LogP contribution in [0.3, 0.4) is 0 Å². The molecule has 460 valence electrons. The first-order chi connectivity index (χ1) is 49.1. The Kier molecular flexibility index (Phi) is 12.0. The molecule has 99 heavy (non-hydrogen) atoms. The normalized spacial score (nSPS) is 12.0. The SMILES string of the molecule is c1ccc(-n2c3ccccc3c3cc(-c4ccc5c(c4)c4ccccc4n5-c4cccc(-c5nc(-n6c7ccc(-c8ccc9c(c8)c8ccccc8n9-c8ccccc8)cc7c7cc(-c8ccc9c(c8)c8ccccc8n9-c8ccccc8)ccc76)nc6ccccc56)c4)ccc32)cc1. The van der Waals surface area contributed by atoms with Gasteiger partial charge in [-0.3, -0.25) is 4.57 Å². The first-order valence-electron chi connectivity index (χ1n) is 33.9. The van der Waals surface area contributed by atoms with E-state index in [9.17, 15) is 0 Å². The molecule has 0 radical (unpaired) electrons. The number of fused-ring (bicyclic) bond motifs is 16. The van der Waals surface area contributed by atoms with Gasteiger partial charge in [0.15, 0.2) is 0 Å². The highest BCUT2D eigenvalue weighted by Crippen LogP contribution is 2.44. The Balaban J connectivity index is 0.721. The van der Waals surface area contributed by atoms with Crippen LogP contribution in [-0.2, 0) is 0 Å². The molecular formula is C92H57N7. The van der Waals surface area contributed by atoms with Crippen LogP contribution in [-0.4, -0.2) is 32.8 Å². The average Bonchev–Trinajstić information content (AvgIpc) is 1.66. The first-order valence-corrected chi connectivity index (χ1v) is 33.9. The summed E-state index contributed by atoms with van der Waals surface area (Å²) in [5.74, 6) is 0.604. The molecule has 0 saturated heterocycles. The highest BCUT2D eigenvalue weighted by molar-refractivity contribution is 6.16. The molecule has 7 nitrogen and oxygen atoms in total. The molecule has 0 aliphatic carbocycles. The quantitative estimate of drug-likeness (QED) is 0.145. The number of rotatable bonds is 9. The molecule has 21 aromatic rings. The molecule has 0 amide bonds. The molecule has 0 aliphatic heterocycles. The second-order valence-corrected chi connectivity index (χ2v) is 26.1. The van der Waals surface area contributed by atoms with Gasteiger partial charge in [-0.15, -0.1) is 0 Å². The van der Waals surface area contributed by atoms with Crippen LogP contribution in [0.4, 0.5) is 0 Å². The third-order valence-corrected chi connectivity index (χ3v) is 20.7. The molecule has 0 N–H and O–H groups in total. The van der Waals surface area contributed by atoms with Crippen molar-refractivity contribution in [3.63, 3.8) is 0 Å². The molecule has 21 rings (SSSR count). The van der Waals surface area contributed by atoms with Crippen molar-refractivity contribution in [3.05, 3.63) is 346 Å². The van der Waals surface area contributed by atoms with Crippen molar-refractivity contribution < 1.29 is 0 Å². The lowest BCUT2D eigenvalue weighted by Crippen LogP contribution is -2.04. The van der Waals surface area contributed by atoms with Crippen LogP contribution < -0.4 is 0 Å². The molecule has 6 aromatic heterocycles. The third kappa shape index (κ3) is 8.44. The molecule has 7 heteroatoms. The van der Waals surface area contributed by atoms with E-state index in [1.165, 1.54) is 87.3 Å². The van der Waals surface area contributed by atoms with Gasteiger partial charge in [-0.05, 0) is 185 Å². The number of hydrogen-bond acceptors (Lipinski definition) is 2. The number of para-hydroxylation sites is 8. The maximum atomic E-state index is 5.74. The maximum Gasteiger partial charge on any atom is 0.235 e. The summed E-state index contributed by atoms with van der Waals surface area (Å²) in [6.07, 6.45) is 0. The van der Waals surface area contributed by atoms with E-state index in [1.807, 2.05) is 0 Å². The zero-order chi connectivity index (χ0) is 64.8. The van der Waals surface area contributed by atoms with Crippen LogP contribution in [0.2, 0.25) is 0 Å². The predicted octanol–water partition coefficient (Wildman–Crippen LogP) is 23.8. The second-order valence-electron chi connectivity index (χ2n) is 26.1. The van der Waals surface area contributed by atoms with Gasteiger partial charge in [0.1, 0.15) is 0 Å². The Morgan fingerprint density at radius 1 is 0.162 bits per heavy atom. The Morgan fingerprint density at radius 3 is 0.798 bits per heavy atom. The van der Waals surface area contributed by atoms with Gasteiger partial charge in [0, 0.05) is 87.6 Å². The predicted molar refractivity (Wildman–Crippen MR) is 413 cm³/mol. The van der Waals surface area contributed by atoms with E-state index < -0.39 is 0 Å². The summed E-state index contributed by atoms with van der Waals surface area (Å²) in [4.78, 5) is 11.3. The molecule has 6 heterocycles. The fourth-order valence-corrected chi connectivity index (χ4v) is 16.2. The van der Waals surface area contributed by atoms with Gasteiger partial charge >= 0.3 is 0 Å². The second kappa shape index (κ2) is 21.6. The van der Waals surface area contributed by atoms with E-state index in [2.05, 4.69) is 369 Å². The molecular weight excluding hydrogens is 1200 g/mol. The Bertz CT molecular complexity index is 6690. The van der Waals surface area contributed by atoms with Crippen molar-refractivity contribution in [3.8, 4) is 73.3 Å². The van der Waals surface area contributed by atoms with Gasteiger partial charge in [0.2, 0.25) is 5.95 Å². The zero-order valence-electron chi connectivity index (χ0n) is 53.5. The summed E-state index contributed by atoms with van der Waals surface area (Å²) in [5.41, 5.74) is 25.5. The lowest BCUT2D eigenvalue weighted by molar-refractivity contribution is 1.01. The Hall–Kier alpha value is -13.4. The van der Waals surface area contributed by atoms with E-state index in [1.54, 1.807) is 0 Å². The smallest absolute Gasteiger partial charge is 0.235 e. The van der Waals surface area contributed by atoms with Gasteiger partial charge in [-0.2, -0.15) is 0 Å². The fourth-order valence-electron chi connectivity index (χ4n) is 16.2. The van der Waals surface area contributed by atoms with Crippen LogP contribution in [0.5, 0.6) is 0 Å². The van der Waals surface area contributed by atoms with Gasteiger partial charge in [-0.1, -0.05) is 194 Å². The van der Waals surface area contributed by atoms with Gasteiger partial charge in [0.05, 0.1) is 66.4 Å². The van der Waals surface area contributed by atoms with Gasteiger partial charge < -0.3 is 18.3 Å². The largest absolute Gasteiger partial charge is 0.309 e. The van der Waals surface area contributed by atoms with Crippen molar-refractivity contribution in [2.45, 2.75) is 0 Å². The highest BCUT2D eigenvalue weighted by Gasteiger charge is 2.23. The zero-order valence-corrected chi connectivity index (χ0v) is 53.5. The topological polar surface area (TPSA) is 50.4 Å². The van der Waals surface area contributed by atoms with Crippen molar-refractivity contribution in [2.75, 3.05) is 0 Å². The van der Waals surface area contributed by atoms with Crippen LogP contribution in [0.1, 0.15) is 0 Å². The maximum absolute atomic E-state index is 5.74. The molecule has 0 saturated carbocycles. The lowest BCUT2D eigenvalue weighted by atomic mass is 9.98. The molecule has 0 atom stereocenters. The first kappa shape index (κ1) is 55.0. The summed E-state index contributed by atoms with van der Waals surface area (Å²) in [6, 6.07) is 126. The fraction of sp³-hybridized carbons (Fsp3) is 0. The molecule has 0 spiro atoms. The lowest BCUT2D eigenvalue weighted by Gasteiger charge is -2.14. The summed E-state index contributed by atoms with van der Waals surface area (Å²) >= 11 is 0. The number of hydrogen-bond donors (Lipinski definition) is 0. The Labute approximate surface area is 568 Å². The van der Waals surface area contributed by atoms with Crippen LogP contribution in [0.15, 0.2) is 346 Å². The van der Waals surface area contributed by atoms with Crippen LogP contribution in [0.25, 0.3) is 193 Å². The number of aromatic nitrogens is 7. The van der Waals surface area contributed by atoms with Crippen molar-refractivity contribution in [2.24, 2.45) is 0 Å². The van der Waals surface area contributed by atoms with Gasteiger partial charge in [0.25, 0.3) is 0 Å². The summed E-state index contributed by atoms with van der Waals surface area (Å²) in [5, 5.41) is 12.9. The molecule has 0 bridgehead atoms. The standard InChI is InChI=1S/C92H57N7/c1-4-22-65(23-5-1)95-81-35-16-11-29-69(81)74-52-58(39-45-85(74)95)59-42-48-88-77(55-59)72-32-14-19-38-84(72)98(88)68-28-20-21-64(51-68)91-73-33-10-15-34-80(73)93-92(94-91)99-89-49-43-62(60-40-46-86-75(53-60)70-30-12-17-36-82(70)96(86)66-24-6-2-7-25-66)56-78(89)79-57-63(44-50-90(79)99)61-41-47-87-76(54-61)71-31-13-18-37-83(71)97(87)67-26-8-3-9-27-67/h1-57H. The van der Waals surface area contributed by atoms with E-state index in [4.69, 9.17) is 9.97 Å². The minimum atomic E-state index is 0.604. The highest BCUT2D eigenvalue weighted by atomic mass is 15.2. The molecule has 15 aromatic carbocycles. The van der Waals surface area contributed by atoms with E-state index >= 15 is 0 Å². The minimum Gasteiger partial charge on any atom is -0.309 e. The minimum absolute atomic E-state index is 0.604. The van der Waals surface area contributed by atoms with Gasteiger partial charge in [-0.25, -0.2) is 9.97 Å². The third-order valence-electron chi connectivity index (χ3n) is 20.7. The number of nitrogens with zero attached hydrogens (tertiary/aromatic N) is 7. The van der Waals surface area contributed by atoms with Crippen molar-refractivity contribution >= 4 is 120 Å². The van der Waals surface area contributed by atoms with E-state index in [-0.39, 0.29) is 0 Å². The van der Waals surface area contributed by atoms with Crippen LogP contribution in [0, 0.1) is 0 Å². The summed E-state index contributed by atoms with van der Waals surface area (Å²) in [6.45, 7) is 0. The summed E-state index contributed by atoms with van der Waals surface area (Å²) < 4.78 is 11.8. The Morgan fingerprint density at radius 2 is 0.434 bits per heavy atom. The van der Waals surface area contributed by atoms with Crippen LogP contribution >= 0.6 is 0 Å². The molecule has 0 aliphatic rings. The summed E-state index contributed by atoms with van der Waals surface area (Å²) in [7, 11) is 0. The monoisotopic (exact) mass is 1260 g/mol. The molecule has 0 fully saturated rings.